The molecule has 0 aliphatic carbocycles. The summed E-state index contributed by atoms with van der Waals surface area (Å²) in [6.45, 7) is 11.6. The quantitative estimate of drug-likeness (QED) is 0.483. The van der Waals surface area contributed by atoms with Gasteiger partial charge in [0.25, 0.3) is 0 Å². The first kappa shape index (κ1) is 20.8. The van der Waals surface area contributed by atoms with E-state index in [9.17, 15) is 0 Å². The first-order chi connectivity index (χ1) is 9.78. The van der Waals surface area contributed by atoms with Crippen LogP contribution >= 0.6 is 0 Å². The summed E-state index contributed by atoms with van der Waals surface area (Å²) in [5.74, 6) is 0. The summed E-state index contributed by atoms with van der Waals surface area (Å²) in [7, 11) is 12.9. The van der Waals surface area contributed by atoms with Gasteiger partial charge in [0.2, 0.25) is 0 Å². The molecule has 0 unspecified atom stereocenters. The maximum absolute atomic E-state index is 2.44. The molecule has 0 saturated carbocycles. The fourth-order valence-electron chi connectivity index (χ4n) is 2.47. The molecule has 0 amide bonds. The molecule has 0 bridgehead atoms. The van der Waals surface area contributed by atoms with Gasteiger partial charge in [0.05, 0.1) is 33.3 Å². The minimum Gasteiger partial charge on any atom is -0.297 e. The maximum atomic E-state index is 2.44. The summed E-state index contributed by atoms with van der Waals surface area (Å²) < 4.78 is 0. The van der Waals surface area contributed by atoms with E-state index in [2.05, 4.69) is 85.5 Å². The lowest BCUT2D eigenvalue weighted by Gasteiger charge is -2.34. The fraction of sp³-hybridized carbons (Fsp3) is 1.00. The topological polar surface area (TPSA) is 19.4 Å². The molecular weight excluding hydrogens is 264 g/mol. The summed E-state index contributed by atoms with van der Waals surface area (Å²) in [4.78, 5) is 14.1. The summed E-state index contributed by atoms with van der Waals surface area (Å²) in [5, 5.41) is 0. The molecule has 0 aliphatic rings. The normalized spacial score (nSPS) is 12.9. The van der Waals surface area contributed by atoms with Gasteiger partial charge in [0.1, 0.15) is 0 Å². The fourth-order valence-corrected chi connectivity index (χ4v) is 2.47. The van der Waals surface area contributed by atoms with Crippen LogP contribution in [0.4, 0.5) is 0 Å². The van der Waals surface area contributed by atoms with Crippen molar-refractivity contribution in [3.8, 4) is 0 Å². The Morgan fingerprint density at radius 2 is 0.810 bits per heavy atom. The van der Waals surface area contributed by atoms with Crippen LogP contribution in [0.1, 0.15) is 13.8 Å². The molecule has 0 N–H and O–H groups in total. The first-order valence-electron chi connectivity index (χ1n) is 7.89. The summed E-state index contributed by atoms with van der Waals surface area (Å²) in [6, 6.07) is 0. The van der Waals surface area contributed by atoms with Crippen LogP contribution in [0, 0.1) is 0 Å². The molecule has 0 spiro atoms. The summed E-state index contributed by atoms with van der Waals surface area (Å²) in [5.41, 5.74) is 0. The smallest absolute Gasteiger partial charge is 0.0526 e. The largest absolute Gasteiger partial charge is 0.297 e. The van der Waals surface area contributed by atoms with Crippen molar-refractivity contribution >= 4 is 0 Å². The van der Waals surface area contributed by atoms with Gasteiger partial charge in [-0.3, -0.25) is 29.4 Å². The zero-order chi connectivity index (χ0) is 16.4. The molecule has 0 aromatic carbocycles. The van der Waals surface area contributed by atoms with E-state index in [1.165, 1.54) is 0 Å². The second kappa shape index (κ2) is 11.3. The van der Waals surface area contributed by atoms with Crippen LogP contribution in [0.5, 0.6) is 0 Å². The maximum Gasteiger partial charge on any atom is 0.0526 e. The van der Waals surface area contributed by atoms with Crippen molar-refractivity contribution in [2.45, 2.75) is 13.8 Å². The zero-order valence-electron chi connectivity index (χ0n) is 15.6. The number of rotatable bonds is 12. The van der Waals surface area contributed by atoms with Crippen molar-refractivity contribution in [1.82, 2.24) is 29.4 Å². The monoisotopic (exact) mass is 302 g/mol. The van der Waals surface area contributed by atoms with Gasteiger partial charge in [-0.05, 0) is 55.4 Å². The molecule has 6 nitrogen and oxygen atoms in total. The second-order valence-electron chi connectivity index (χ2n) is 6.55. The van der Waals surface area contributed by atoms with E-state index in [1.54, 1.807) is 0 Å². The van der Waals surface area contributed by atoms with E-state index in [0.717, 1.165) is 46.4 Å². The molecule has 0 saturated heterocycles. The molecule has 0 radical (unpaired) electrons. The molecule has 0 atom stereocenters. The van der Waals surface area contributed by atoms with E-state index >= 15 is 0 Å². The van der Waals surface area contributed by atoms with Crippen molar-refractivity contribution in [2.24, 2.45) is 0 Å². The minimum atomic E-state index is 0.980. The lowest BCUT2D eigenvalue weighted by Crippen LogP contribution is -2.47. The molecule has 0 aliphatic heterocycles. The lowest BCUT2D eigenvalue weighted by atomic mass is 10.5. The van der Waals surface area contributed by atoms with Crippen LogP contribution in [0.25, 0.3) is 0 Å². The lowest BCUT2D eigenvalue weighted by molar-refractivity contribution is 0.0443. The molecule has 128 valence electrons. The Labute approximate surface area is 132 Å². The SMILES string of the molecule is CCN(CN(C)C)CN(C)CN(C)CN(CC)CN(C)C. The highest BCUT2D eigenvalue weighted by atomic mass is 15.4. The number of hydrogen-bond donors (Lipinski definition) is 0. The van der Waals surface area contributed by atoms with E-state index in [0.29, 0.717) is 0 Å². The van der Waals surface area contributed by atoms with Crippen LogP contribution in [-0.4, -0.2) is 118 Å². The van der Waals surface area contributed by atoms with Gasteiger partial charge >= 0.3 is 0 Å². The van der Waals surface area contributed by atoms with Crippen LogP contribution in [0.2, 0.25) is 0 Å². The van der Waals surface area contributed by atoms with Gasteiger partial charge in [0.15, 0.2) is 0 Å². The standard InChI is InChI=1S/C15H38N6/c1-9-20(11-16(3)4)14-18(7)13-19(8)15-21(10-2)12-17(5)6/h9-15H2,1-8H3. The van der Waals surface area contributed by atoms with Gasteiger partial charge in [-0.15, -0.1) is 0 Å². The summed E-state index contributed by atoms with van der Waals surface area (Å²) >= 11 is 0. The van der Waals surface area contributed by atoms with Crippen molar-refractivity contribution in [3.63, 3.8) is 0 Å². The predicted octanol–water partition coefficient (Wildman–Crippen LogP) is 0.405. The highest BCUT2D eigenvalue weighted by Gasteiger charge is 2.11. The van der Waals surface area contributed by atoms with Gasteiger partial charge in [-0.1, -0.05) is 13.8 Å². The second-order valence-corrected chi connectivity index (χ2v) is 6.55. The van der Waals surface area contributed by atoms with Gasteiger partial charge in [0, 0.05) is 0 Å². The Kier molecular flexibility index (Phi) is 11.2. The third-order valence-corrected chi connectivity index (χ3v) is 3.23. The molecule has 0 rings (SSSR count). The number of nitrogens with zero attached hydrogens (tertiary/aromatic N) is 6. The first-order valence-corrected chi connectivity index (χ1v) is 7.89. The van der Waals surface area contributed by atoms with E-state index in [4.69, 9.17) is 0 Å². The average molecular weight is 303 g/mol. The molecule has 0 aromatic heterocycles. The Bertz CT molecular complexity index is 222. The van der Waals surface area contributed by atoms with Crippen LogP contribution in [0.3, 0.4) is 0 Å². The van der Waals surface area contributed by atoms with Gasteiger partial charge in [-0.25, -0.2) is 0 Å². The molecule has 0 heterocycles. The number of hydrogen-bond acceptors (Lipinski definition) is 6. The Morgan fingerprint density at radius 3 is 1.05 bits per heavy atom. The molecule has 0 aromatic rings. The molecule has 21 heavy (non-hydrogen) atoms. The third-order valence-electron chi connectivity index (χ3n) is 3.23. The van der Waals surface area contributed by atoms with Gasteiger partial charge in [-0.2, -0.15) is 0 Å². The third kappa shape index (κ3) is 11.0. The van der Waals surface area contributed by atoms with Crippen molar-refractivity contribution in [3.05, 3.63) is 0 Å². The summed E-state index contributed by atoms with van der Waals surface area (Å²) in [6.07, 6.45) is 0. The van der Waals surface area contributed by atoms with Crippen LogP contribution in [0.15, 0.2) is 0 Å². The predicted molar refractivity (Wildman–Crippen MR) is 92.0 cm³/mol. The Morgan fingerprint density at radius 1 is 0.476 bits per heavy atom. The molecule has 6 heteroatoms. The average Bonchev–Trinajstić information content (AvgIpc) is 2.35. The van der Waals surface area contributed by atoms with E-state index in [-0.39, 0.29) is 0 Å². The Balaban J connectivity index is 4.14. The highest BCUT2D eigenvalue weighted by Crippen LogP contribution is 1.97. The molecular formula is C15H38N6. The van der Waals surface area contributed by atoms with Crippen molar-refractivity contribution in [1.29, 1.82) is 0 Å². The van der Waals surface area contributed by atoms with Crippen molar-refractivity contribution < 1.29 is 0 Å². The van der Waals surface area contributed by atoms with E-state index in [1.807, 2.05) is 0 Å². The van der Waals surface area contributed by atoms with Gasteiger partial charge < -0.3 is 0 Å². The minimum absolute atomic E-state index is 0.980. The zero-order valence-corrected chi connectivity index (χ0v) is 15.6. The molecule has 0 fully saturated rings. The van der Waals surface area contributed by atoms with Crippen LogP contribution in [-0.2, 0) is 0 Å². The highest BCUT2D eigenvalue weighted by molar-refractivity contribution is 4.58. The Hall–Kier alpha value is -0.240. The van der Waals surface area contributed by atoms with Crippen LogP contribution < -0.4 is 0 Å². The van der Waals surface area contributed by atoms with E-state index < -0.39 is 0 Å². The van der Waals surface area contributed by atoms with Crippen molar-refractivity contribution in [2.75, 3.05) is 88.7 Å².